The van der Waals surface area contributed by atoms with Crippen LogP contribution in [0, 0.1) is 0 Å². The SMILES string of the molecule is COC(=O)C(C)NC(=O)Nc1ccc(C(=O)O)c(Cl)c1. The zero-order chi connectivity index (χ0) is 15.3. The van der Waals surface area contributed by atoms with Crippen LogP contribution in [0.4, 0.5) is 10.5 Å². The molecule has 0 radical (unpaired) electrons. The van der Waals surface area contributed by atoms with Crippen molar-refractivity contribution in [1.82, 2.24) is 5.32 Å². The lowest BCUT2D eigenvalue weighted by Gasteiger charge is -2.12. The summed E-state index contributed by atoms with van der Waals surface area (Å²) in [5.41, 5.74) is 0.232. The first-order valence-corrected chi connectivity index (χ1v) is 5.91. The number of anilines is 1. The number of ether oxygens (including phenoxy) is 1. The molecule has 0 heterocycles. The lowest BCUT2D eigenvalue weighted by molar-refractivity contribution is -0.142. The first kappa shape index (κ1) is 15.8. The van der Waals surface area contributed by atoms with Gasteiger partial charge >= 0.3 is 18.0 Å². The summed E-state index contributed by atoms with van der Waals surface area (Å²) in [6.45, 7) is 1.46. The van der Waals surface area contributed by atoms with Crippen molar-refractivity contribution < 1.29 is 24.2 Å². The molecule has 7 nitrogen and oxygen atoms in total. The Balaban J connectivity index is 2.69. The summed E-state index contributed by atoms with van der Waals surface area (Å²) in [6, 6.07) is 2.51. The van der Waals surface area contributed by atoms with Gasteiger partial charge in [0, 0.05) is 5.69 Å². The zero-order valence-electron chi connectivity index (χ0n) is 10.8. The summed E-state index contributed by atoms with van der Waals surface area (Å²) in [5.74, 6) is -1.75. The average Bonchev–Trinajstić information content (AvgIpc) is 2.37. The molecule has 20 heavy (non-hydrogen) atoms. The molecule has 0 spiro atoms. The van der Waals surface area contributed by atoms with Gasteiger partial charge in [-0.1, -0.05) is 11.6 Å². The Kier molecular flexibility index (Phi) is 5.33. The number of esters is 1. The van der Waals surface area contributed by atoms with Gasteiger partial charge in [-0.05, 0) is 25.1 Å². The van der Waals surface area contributed by atoms with Gasteiger partial charge in [0.2, 0.25) is 0 Å². The van der Waals surface area contributed by atoms with Crippen LogP contribution < -0.4 is 10.6 Å². The van der Waals surface area contributed by atoms with Gasteiger partial charge in [0.25, 0.3) is 0 Å². The Morgan fingerprint density at radius 3 is 2.50 bits per heavy atom. The highest BCUT2D eigenvalue weighted by molar-refractivity contribution is 6.33. The molecule has 0 bridgehead atoms. The summed E-state index contributed by atoms with van der Waals surface area (Å²) in [5, 5.41) is 13.6. The normalized spacial score (nSPS) is 11.3. The Hall–Kier alpha value is -2.28. The predicted octanol–water partition coefficient (Wildman–Crippen LogP) is 1.72. The van der Waals surface area contributed by atoms with E-state index in [1.54, 1.807) is 0 Å². The standard InChI is InChI=1S/C12H13ClN2O5/c1-6(11(18)20-2)14-12(19)15-7-3-4-8(10(16)17)9(13)5-7/h3-6H,1-2H3,(H,16,17)(H2,14,15,19). The minimum Gasteiger partial charge on any atom is -0.478 e. The van der Waals surface area contributed by atoms with Crippen molar-refractivity contribution in [2.75, 3.05) is 12.4 Å². The first-order chi connectivity index (χ1) is 9.35. The zero-order valence-corrected chi connectivity index (χ0v) is 11.5. The van der Waals surface area contributed by atoms with Crippen molar-refractivity contribution in [1.29, 1.82) is 0 Å². The van der Waals surface area contributed by atoms with Crippen LogP contribution >= 0.6 is 11.6 Å². The number of carbonyl (C=O) groups is 3. The van der Waals surface area contributed by atoms with Gasteiger partial charge in [-0.15, -0.1) is 0 Å². The molecule has 1 rings (SSSR count). The van der Waals surface area contributed by atoms with Crippen molar-refractivity contribution in [2.24, 2.45) is 0 Å². The number of hydrogen-bond donors (Lipinski definition) is 3. The number of carboxylic acids is 1. The fourth-order valence-corrected chi connectivity index (χ4v) is 1.63. The minimum absolute atomic E-state index is 0.00341. The minimum atomic E-state index is -1.16. The number of amides is 2. The summed E-state index contributed by atoms with van der Waals surface area (Å²) in [6.07, 6.45) is 0. The highest BCUT2D eigenvalue weighted by atomic mass is 35.5. The second-order valence-corrected chi connectivity index (χ2v) is 4.25. The summed E-state index contributed by atoms with van der Waals surface area (Å²) < 4.78 is 4.46. The second kappa shape index (κ2) is 6.76. The highest BCUT2D eigenvalue weighted by Gasteiger charge is 2.16. The Morgan fingerprint density at radius 2 is 2.00 bits per heavy atom. The molecule has 0 saturated carbocycles. The van der Waals surface area contributed by atoms with E-state index < -0.39 is 24.0 Å². The predicted molar refractivity (Wildman–Crippen MR) is 72.0 cm³/mol. The quantitative estimate of drug-likeness (QED) is 0.734. The van der Waals surface area contributed by atoms with Crippen molar-refractivity contribution in [3.63, 3.8) is 0 Å². The van der Waals surface area contributed by atoms with Crippen LogP contribution in [0.25, 0.3) is 0 Å². The van der Waals surface area contributed by atoms with Gasteiger partial charge in [-0.3, -0.25) is 0 Å². The smallest absolute Gasteiger partial charge is 0.337 e. The number of urea groups is 1. The molecule has 1 aromatic rings. The second-order valence-electron chi connectivity index (χ2n) is 3.84. The number of nitrogens with one attached hydrogen (secondary N) is 2. The number of aromatic carboxylic acids is 1. The van der Waals surface area contributed by atoms with E-state index >= 15 is 0 Å². The van der Waals surface area contributed by atoms with Gasteiger partial charge in [0.1, 0.15) is 6.04 Å². The van der Waals surface area contributed by atoms with E-state index in [9.17, 15) is 14.4 Å². The molecule has 0 aliphatic rings. The maximum atomic E-state index is 11.6. The topological polar surface area (TPSA) is 105 Å². The van der Waals surface area contributed by atoms with Gasteiger partial charge < -0.3 is 20.5 Å². The number of carboxylic acid groups (broad SMARTS) is 1. The van der Waals surface area contributed by atoms with Crippen LogP contribution in [0.5, 0.6) is 0 Å². The molecular formula is C12H13ClN2O5. The van der Waals surface area contributed by atoms with E-state index in [4.69, 9.17) is 16.7 Å². The highest BCUT2D eigenvalue weighted by Crippen LogP contribution is 2.20. The number of halogens is 1. The Labute approximate surface area is 119 Å². The summed E-state index contributed by atoms with van der Waals surface area (Å²) in [4.78, 5) is 33.5. The van der Waals surface area contributed by atoms with Crippen molar-refractivity contribution in [3.05, 3.63) is 28.8 Å². The molecule has 0 aliphatic carbocycles. The number of rotatable bonds is 4. The van der Waals surface area contributed by atoms with Gasteiger partial charge in [-0.25, -0.2) is 14.4 Å². The molecule has 1 atom stereocenters. The van der Waals surface area contributed by atoms with Crippen LogP contribution in [-0.2, 0) is 9.53 Å². The Morgan fingerprint density at radius 1 is 1.35 bits per heavy atom. The Bertz CT molecular complexity index is 547. The van der Waals surface area contributed by atoms with Crippen molar-refractivity contribution in [2.45, 2.75) is 13.0 Å². The molecule has 0 aromatic heterocycles. The lowest BCUT2D eigenvalue weighted by atomic mass is 10.2. The maximum absolute atomic E-state index is 11.6. The summed E-state index contributed by atoms with van der Waals surface area (Å²) in [7, 11) is 1.21. The van der Waals surface area contributed by atoms with Crippen LogP contribution in [0.2, 0.25) is 5.02 Å². The van der Waals surface area contributed by atoms with E-state index in [0.29, 0.717) is 5.69 Å². The third-order valence-electron chi connectivity index (χ3n) is 2.36. The third-order valence-corrected chi connectivity index (χ3v) is 2.67. The molecule has 8 heteroatoms. The van der Waals surface area contributed by atoms with Crippen molar-refractivity contribution >= 4 is 35.3 Å². The largest absolute Gasteiger partial charge is 0.478 e. The number of methoxy groups -OCH3 is 1. The van der Waals surface area contributed by atoms with Crippen LogP contribution in [0.3, 0.4) is 0 Å². The van der Waals surface area contributed by atoms with Crippen LogP contribution in [-0.4, -0.2) is 36.2 Å². The summed E-state index contributed by atoms with van der Waals surface area (Å²) >= 11 is 5.76. The molecule has 0 aliphatic heterocycles. The van der Waals surface area contributed by atoms with Crippen LogP contribution in [0.15, 0.2) is 18.2 Å². The maximum Gasteiger partial charge on any atom is 0.337 e. The number of carbonyl (C=O) groups excluding carboxylic acids is 2. The van der Waals surface area contributed by atoms with E-state index in [0.717, 1.165) is 0 Å². The van der Waals surface area contributed by atoms with E-state index in [2.05, 4.69) is 15.4 Å². The van der Waals surface area contributed by atoms with E-state index in [1.165, 1.54) is 32.2 Å². The van der Waals surface area contributed by atoms with E-state index in [-0.39, 0.29) is 10.6 Å². The number of hydrogen-bond acceptors (Lipinski definition) is 4. The molecule has 0 fully saturated rings. The molecule has 108 valence electrons. The van der Waals surface area contributed by atoms with Gasteiger partial charge in [0.15, 0.2) is 0 Å². The first-order valence-electron chi connectivity index (χ1n) is 5.53. The van der Waals surface area contributed by atoms with E-state index in [1.807, 2.05) is 0 Å². The van der Waals surface area contributed by atoms with Crippen LogP contribution in [0.1, 0.15) is 17.3 Å². The fraction of sp³-hybridized carbons (Fsp3) is 0.250. The van der Waals surface area contributed by atoms with Gasteiger partial charge in [0.05, 0.1) is 17.7 Å². The molecule has 1 unspecified atom stereocenters. The van der Waals surface area contributed by atoms with Gasteiger partial charge in [-0.2, -0.15) is 0 Å². The molecule has 1 aromatic carbocycles. The number of benzene rings is 1. The monoisotopic (exact) mass is 300 g/mol. The third kappa shape index (κ3) is 4.13. The molecule has 2 amide bonds. The molecule has 3 N–H and O–H groups in total. The lowest BCUT2D eigenvalue weighted by Crippen LogP contribution is -2.41. The fourth-order valence-electron chi connectivity index (χ4n) is 1.37. The average molecular weight is 301 g/mol. The molecular weight excluding hydrogens is 288 g/mol. The van der Waals surface area contributed by atoms with Crippen molar-refractivity contribution in [3.8, 4) is 0 Å². The molecule has 0 saturated heterocycles.